The van der Waals surface area contributed by atoms with E-state index < -0.39 is 0 Å². The zero-order valence-corrected chi connectivity index (χ0v) is 10.6. The van der Waals surface area contributed by atoms with Gasteiger partial charge in [-0.2, -0.15) is 5.26 Å². The minimum Gasteiger partial charge on any atom is -0.326 e. The minimum absolute atomic E-state index is 0.247. The number of rotatable bonds is 3. The first-order chi connectivity index (χ1) is 9.12. The van der Waals surface area contributed by atoms with Crippen LogP contribution in [0.4, 0.5) is 11.5 Å². The lowest BCUT2D eigenvalue weighted by atomic mass is 10.1. The van der Waals surface area contributed by atoms with E-state index >= 15 is 0 Å². The monoisotopic (exact) mass is 256 g/mol. The third kappa shape index (κ3) is 2.06. The Morgan fingerprint density at radius 3 is 2.79 bits per heavy atom. The van der Waals surface area contributed by atoms with Gasteiger partial charge < -0.3 is 9.88 Å². The molecule has 0 unspecified atom stereocenters. The number of nitrogens with zero attached hydrogens (tertiary/aromatic N) is 3. The van der Waals surface area contributed by atoms with Crippen molar-refractivity contribution in [2.75, 3.05) is 5.32 Å². The van der Waals surface area contributed by atoms with Crippen LogP contribution in [0.3, 0.4) is 0 Å². The summed E-state index contributed by atoms with van der Waals surface area (Å²) in [5, 5.41) is 15.5. The SMILES string of the molecule is CCn1c(NC(C)=O)c(C#N)c2ccc(N=O)cc21. The number of amides is 1. The molecule has 1 aromatic carbocycles. The van der Waals surface area contributed by atoms with E-state index in [0.717, 1.165) is 0 Å². The number of hydrogen-bond acceptors (Lipinski definition) is 4. The molecule has 2 rings (SSSR count). The maximum absolute atomic E-state index is 11.2. The van der Waals surface area contributed by atoms with Crippen molar-refractivity contribution in [2.45, 2.75) is 20.4 Å². The average molecular weight is 256 g/mol. The van der Waals surface area contributed by atoms with E-state index in [9.17, 15) is 15.0 Å². The summed E-state index contributed by atoms with van der Waals surface area (Å²) in [7, 11) is 0. The number of hydrogen-bond donors (Lipinski definition) is 1. The summed E-state index contributed by atoms with van der Waals surface area (Å²) in [5.41, 5.74) is 1.39. The minimum atomic E-state index is -0.247. The molecule has 0 fully saturated rings. The second-order valence-electron chi connectivity index (χ2n) is 4.05. The molecule has 0 saturated heterocycles. The van der Waals surface area contributed by atoms with Gasteiger partial charge in [0.2, 0.25) is 5.91 Å². The summed E-state index contributed by atoms with van der Waals surface area (Å²) in [6.45, 7) is 3.85. The maximum Gasteiger partial charge on any atom is 0.222 e. The largest absolute Gasteiger partial charge is 0.326 e. The molecule has 2 aromatic rings. The van der Waals surface area contributed by atoms with Crippen LogP contribution in [0.2, 0.25) is 0 Å². The molecule has 0 atom stereocenters. The second kappa shape index (κ2) is 4.90. The Balaban J connectivity index is 2.82. The molecule has 0 aliphatic carbocycles. The number of carbonyl (C=O) groups excluding carboxylic acids is 1. The summed E-state index contributed by atoms with van der Waals surface area (Å²) in [5.74, 6) is 0.207. The fourth-order valence-electron chi connectivity index (χ4n) is 2.13. The van der Waals surface area contributed by atoms with Gasteiger partial charge in [0.25, 0.3) is 0 Å². The van der Waals surface area contributed by atoms with Crippen LogP contribution in [0.1, 0.15) is 19.4 Å². The predicted molar refractivity (Wildman–Crippen MR) is 72.1 cm³/mol. The summed E-state index contributed by atoms with van der Waals surface area (Å²) >= 11 is 0. The lowest BCUT2D eigenvalue weighted by Gasteiger charge is -2.08. The highest BCUT2D eigenvalue weighted by Gasteiger charge is 2.17. The Bertz CT molecular complexity index is 709. The number of nitroso groups, excluding NO2 is 1. The molecular formula is C13H12N4O2. The lowest BCUT2D eigenvalue weighted by molar-refractivity contribution is -0.114. The highest BCUT2D eigenvalue weighted by molar-refractivity contribution is 5.99. The average Bonchev–Trinajstić information content (AvgIpc) is 2.69. The van der Waals surface area contributed by atoms with E-state index in [-0.39, 0.29) is 5.91 Å². The zero-order valence-electron chi connectivity index (χ0n) is 10.6. The number of benzene rings is 1. The molecule has 0 aliphatic heterocycles. The van der Waals surface area contributed by atoms with E-state index in [1.807, 2.05) is 6.92 Å². The molecule has 0 radical (unpaired) electrons. The lowest BCUT2D eigenvalue weighted by Crippen LogP contribution is -2.11. The second-order valence-corrected chi connectivity index (χ2v) is 4.05. The van der Waals surface area contributed by atoms with Gasteiger partial charge in [0, 0.05) is 18.9 Å². The first-order valence-electron chi connectivity index (χ1n) is 5.79. The molecule has 1 heterocycles. The summed E-state index contributed by atoms with van der Waals surface area (Å²) in [6.07, 6.45) is 0. The Labute approximate surface area is 109 Å². The smallest absolute Gasteiger partial charge is 0.222 e. The molecule has 1 N–H and O–H groups in total. The number of nitriles is 1. The van der Waals surface area contributed by atoms with Gasteiger partial charge in [0.15, 0.2) is 0 Å². The zero-order chi connectivity index (χ0) is 14.0. The highest BCUT2D eigenvalue weighted by Crippen LogP contribution is 2.32. The van der Waals surface area contributed by atoms with E-state index in [4.69, 9.17) is 0 Å². The third-order valence-electron chi connectivity index (χ3n) is 2.88. The summed E-state index contributed by atoms with van der Waals surface area (Å²) in [6, 6.07) is 6.92. The van der Waals surface area contributed by atoms with Crippen molar-refractivity contribution in [3.8, 4) is 6.07 Å². The quantitative estimate of drug-likeness (QED) is 0.856. The van der Waals surface area contributed by atoms with Crippen molar-refractivity contribution >= 4 is 28.3 Å². The van der Waals surface area contributed by atoms with Crippen molar-refractivity contribution in [3.63, 3.8) is 0 Å². The number of fused-ring (bicyclic) bond motifs is 1. The first kappa shape index (κ1) is 12.8. The Kier molecular flexibility index (Phi) is 3.29. The topological polar surface area (TPSA) is 87.2 Å². The van der Waals surface area contributed by atoms with Gasteiger partial charge in [-0.3, -0.25) is 4.79 Å². The molecule has 0 aliphatic rings. The van der Waals surface area contributed by atoms with Crippen LogP contribution in [0, 0.1) is 16.2 Å². The van der Waals surface area contributed by atoms with Crippen molar-refractivity contribution in [3.05, 3.63) is 28.7 Å². The fourth-order valence-corrected chi connectivity index (χ4v) is 2.13. The summed E-state index contributed by atoms with van der Waals surface area (Å²) < 4.78 is 1.78. The van der Waals surface area contributed by atoms with Crippen LogP contribution >= 0.6 is 0 Å². The molecule has 0 saturated carbocycles. The molecule has 19 heavy (non-hydrogen) atoms. The molecule has 6 nitrogen and oxygen atoms in total. The van der Waals surface area contributed by atoms with Crippen LogP contribution in [0.25, 0.3) is 10.9 Å². The molecule has 0 spiro atoms. The fraction of sp³-hybridized carbons (Fsp3) is 0.231. The van der Waals surface area contributed by atoms with Crippen molar-refractivity contribution in [2.24, 2.45) is 5.18 Å². The van der Waals surface area contributed by atoms with Crippen LogP contribution in [0.15, 0.2) is 23.4 Å². The third-order valence-corrected chi connectivity index (χ3v) is 2.88. The van der Waals surface area contributed by atoms with Gasteiger partial charge in [-0.25, -0.2) is 0 Å². The maximum atomic E-state index is 11.2. The number of anilines is 1. The Hall–Kier alpha value is -2.68. The van der Waals surface area contributed by atoms with Crippen LogP contribution in [-0.4, -0.2) is 10.5 Å². The number of nitrogens with one attached hydrogen (secondary N) is 1. The number of carbonyl (C=O) groups is 1. The number of aromatic nitrogens is 1. The normalized spacial score (nSPS) is 10.2. The molecular weight excluding hydrogens is 244 g/mol. The Morgan fingerprint density at radius 1 is 1.53 bits per heavy atom. The van der Waals surface area contributed by atoms with Gasteiger partial charge in [0.05, 0.1) is 5.52 Å². The molecule has 96 valence electrons. The van der Waals surface area contributed by atoms with Crippen molar-refractivity contribution < 1.29 is 4.79 Å². The van der Waals surface area contributed by atoms with E-state index in [0.29, 0.717) is 34.5 Å². The van der Waals surface area contributed by atoms with Gasteiger partial charge >= 0.3 is 0 Å². The van der Waals surface area contributed by atoms with Gasteiger partial charge in [-0.05, 0) is 30.3 Å². The van der Waals surface area contributed by atoms with Crippen molar-refractivity contribution in [1.29, 1.82) is 5.26 Å². The highest BCUT2D eigenvalue weighted by atomic mass is 16.3. The van der Waals surface area contributed by atoms with Crippen molar-refractivity contribution in [1.82, 2.24) is 4.57 Å². The summed E-state index contributed by atoms with van der Waals surface area (Å²) in [4.78, 5) is 21.8. The predicted octanol–water partition coefficient (Wildman–Crippen LogP) is 2.89. The van der Waals surface area contributed by atoms with Gasteiger partial charge in [-0.15, -0.1) is 4.91 Å². The molecule has 6 heteroatoms. The van der Waals surface area contributed by atoms with Crippen LogP contribution < -0.4 is 5.32 Å². The van der Waals surface area contributed by atoms with E-state index in [1.165, 1.54) is 6.92 Å². The van der Waals surface area contributed by atoms with Crippen LogP contribution in [-0.2, 0) is 11.3 Å². The molecule has 0 bridgehead atoms. The standard InChI is InChI=1S/C13H12N4O2/c1-3-17-12-6-9(16-19)4-5-10(12)11(7-14)13(17)15-8(2)18/h4-6H,3H2,1-2H3,(H,15,18). The van der Waals surface area contributed by atoms with Crippen LogP contribution in [0.5, 0.6) is 0 Å². The Morgan fingerprint density at radius 2 is 2.26 bits per heavy atom. The number of aryl methyl sites for hydroxylation is 1. The first-order valence-corrected chi connectivity index (χ1v) is 5.79. The van der Waals surface area contributed by atoms with E-state index in [2.05, 4.69) is 16.6 Å². The van der Waals surface area contributed by atoms with E-state index in [1.54, 1.807) is 22.8 Å². The molecule has 1 aromatic heterocycles. The van der Waals surface area contributed by atoms with Gasteiger partial charge in [-0.1, -0.05) is 0 Å². The van der Waals surface area contributed by atoms with Gasteiger partial charge in [0.1, 0.15) is 23.1 Å². The molecule has 1 amide bonds.